The molecule has 376 valence electrons. The van der Waals surface area contributed by atoms with E-state index in [-0.39, 0.29) is 12.0 Å². The summed E-state index contributed by atoms with van der Waals surface area (Å²) in [5.74, 6) is 0.189. The molecular formula is C58H117N3O2. The number of amides is 1. The molecule has 0 radical (unpaired) electrons. The molecule has 2 N–H and O–H groups in total. The van der Waals surface area contributed by atoms with E-state index in [0.29, 0.717) is 6.42 Å². The van der Waals surface area contributed by atoms with E-state index in [1.807, 2.05) is 0 Å². The summed E-state index contributed by atoms with van der Waals surface area (Å²) in [7, 11) is 2.31. The zero-order valence-corrected chi connectivity index (χ0v) is 43.8. The molecule has 0 aliphatic rings. The number of hydrogen-bond acceptors (Lipinski definition) is 4. The van der Waals surface area contributed by atoms with Crippen LogP contribution in [0.2, 0.25) is 0 Å². The number of hydrogen-bond donors (Lipinski definition) is 2. The fourth-order valence-corrected chi connectivity index (χ4v) is 9.27. The van der Waals surface area contributed by atoms with Crippen LogP contribution in [-0.4, -0.2) is 73.2 Å². The Kier molecular flexibility index (Phi) is 52.9. The highest BCUT2D eigenvalue weighted by Gasteiger charge is 2.13. The molecule has 0 aromatic heterocycles. The first-order valence-corrected chi connectivity index (χ1v) is 29.0. The van der Waals surface area contributed by atoms with Crippen molar-refractivity contribution in [1.82, 2.24) is 15.1 Å². The maximum atomic E-state index is 12.5. The monoisotopic (exact) mass is 888 g/mol. The number of allylic oxidation sites excluding steroid dienone is 2. The zero-order valence-electron chi connectivity index (χ0n) is 43.8. The largest absolute Gasteiger partial charge is 0.392 e. The third-order valence-electron chi connectivity index (χ3n) is 13.7. The summed E-state index contributed by atoms with van der Waals surface area (Å²) in [5, 5.41) is 14.2. The van der Waals surface area contributed by atoms with Gasteiger partial charge >= 0.3 is 0 Å². The van der Waals surface area contributed by atoms with Crippen LogP contribution in [0.25, 0.3) is 0 Å². The molecule has 1 unspecified atom stereocenters. The van der Waals surface area contributed by atoms with Crippen LogP contribution in [0.4, 0.5) is 0 Å². The van der Waals surface area contributed by atoms with E-state index in [1.165, 1.54) is 264 Å². The number of aliphatic hydroxyl groups is 1. The Morgan fingerprint density at radius 3 is 1.19 bits per heavy atom. The molecule has 1 atom stereocenters. The Hall–Kier alpha value is -0.910. The van der Waals surface area contributed by atoms with Crippen molar-refractivity contribution in [3.05, 3.63) is 12.2 Å². The quantitative estimate of drug-likeness (QED) is 0.0472. The van der Waals surface area contributed by atoms with E-state index >= 15 is 0 Å². The van der Waals surface area contributed by atoms with Crippen LogP contribution in [0.1, 0.15) is 303 Å². The van der Waals surface area contributed by atoms with Crippen molar-refractivity contribution < 1.29 is 9.90 Å². The first kappa shape index (κ1) is 62.1. The van der Waals surface area contributed by atoms with Crippen LogP contribution in [0.3, 0.4) is 0 Å². The Bertz CT molecular complexity index is 895. The minimum absolute atomic E-state index is 0.189. The van der Waals surface area contributed by atoms with Gasteiger partial charge < -0.3 is 20.2 Å². The van der Waals surface area contributed by atoms with Crippen molar-refractivity contribution in [1.29, 1.82) is 0 Å². The molecule has 5 nitrogen and oxygen atoms in total. The van der Waals surface area contributed by atoms with Gasteiger partial charge in [0.1, 0.15) is 0 Å². The van der Waals surface area contributed by atoms with Gasteiger partial charge in [-0.05, 0) is 104 Å². The standard InChI is InChI=1S/C58H117N3O2/c1-5-8-11-14-17-20-23-26-27-28-29-30-33-36-39-44-51-59-58(63)50-43-42-49-57(62)56-61(54-46-41-38-35-32-25-22-19-16-13-10-7-3)55-48-47-53-60(4)52-45-40-37-34-31-24-21-18-15-12-9-6-2/h26-27,57,62H,5-25,28-56H2,1-4H3,(H,59,63)/b27-26+. The number of nitrogens with one attached hydrogen (secondary N) is 1. The molecule has 0 aromatic carbocycles. The lowest BCUT2D eigenvalue weighted by Gasteiger charge is -2.26. The van der Waals surface area contributed by atoms with Gasteiger partial charge in [0, 0.05) is 19.5 Å². The van der Waals surface area contributed by atoms with E-state index in [4.69, 9.17) is 0 Å². The van der Waals surface area contributed by atoms with E-state index < -0.39 is 0 Å². The normalized spacial score (nSPS) is 12.4. The fourth-order valence-electron chi connectivity index (χ4n) is 9.27. The molecule has 0 fully saturated rings. The number of carbonyl (C=O) groups excluding carboxylic acids is 1. The van der Waals surface area contributed by atoms with Crippen molar-refractivity contribution in [2.45, 2.75) is 309 Å². The van der Waals surface area contributed by atoms with Gasteiger partial charge in [0.15, 0.2) is 0 Å². The summed E-state index contributed by atoms with van der Waals surface area (Å²) in [6.45, 7) is 13.1. The van der Waals surface area contributed by atoms with Gasteiger partial charge in [-0.3, -0.25) is 4.79 Å². The molecule has 0 heterocycles. The van der Waals surface area contributed by atoms with Crippen molar-refractivity contribution in [2.75, 3.05) is 46.3 Å². The second-order valence-corrected chi connectivity index (χ2v) is 20.3. The van der Waals surface area contributed by atoms with E-state index in [1.54, 1.807) is 0 Å². The highest BCUT2D eigenvalue weighted by atomic mass is 16.3. The number of carbonyl (C=O) groups is 1. The summed E-state index contributed by atoms with van der Waals surface area (Å²) in [6, 6.07) is 0. The van der Waals surface area contributed by atoms with Crippen molar-refractivity contribution in [3.63, 3.8) is 0 Å². The second-order valence-electron chi connectivity index (χ2n) is 20.3. The number of unbranched alkanes of at least 4 members (excludes halogenated alkanes) is 36. The van der Waals surface area contributed by atoms with Gasteiger partial charge in [0.25, 0.3) is 0 Å². The highest BCUT2D eigenvalue weighted by molar-refractivity contribution is 5.75. The average molecular weight is 889 g/mol. The second kappa shape index (κ2) is 53.7. The van der Waals surface area contributed by atoms with E-state index in [9.17, 15) is 9.90 Å². The first-order valence-electron chi connectivity index (χ1n) is 29.0. The fraction of sp³-hybridized carbons (Fsp3) is 0.948. The van der Waals surface area contributed by atoms with Gasteiger partial charge in [0.2, 0.25) is 5.91 Å². The maximum absolute atomic E-state index is 12.5. The SMILES string of the molecule is CCCCCCCC/C=C/CCCCCCCCNC(=O)CCCCC(O)CN(CCCCCCCCCCCCCC)CCCCN(C)CCCCCCCCCCCCCC. The first-order chi connectivity index (χ1) is 31.0. The Morgan fingerprint density at radius 1 is 0.429 bits per heavy atom. The van der Waals surface area contributed by atoms with Gasteiger partial charge in [-0.1, -0.05) is 238 Å². The zero-order chi connectivity index (χ0) is 45.8. The van der Waals surface area contributed by atoms with Crippen molar-refractivity contribution in [3.8, 4) is 0 Å². The number of rotatable bonds is 54. The predicted octanol–water partition coefficient (Wildman–Crippen LogP) is 17.5. The molecule has 1 amide bonds. The van der Waals surface area contributed by atoms with Crippen LogP contribution in [-0.2, 0) is 4.79 Å². The molecule has 0 bridgehead atoms. The summed E-state index contributed by atoms with van der Waals surface area (Å²) < 4.78 is 0. The van der Waals surface area contributed by atoms with Gasteiger partial charge in [0.05, 0.1) is 6.10 Å². The van der Waals surface area contributed by atoms with E-state index in [0.717, 1.165) is 51.9 Å². The van der Waals surface area contributed by atoms with Gasteiger partial charge in [-0.25, -0.2) is 0 Å². The third kappa shape index (κ3) is 51.9. The molecular weight excluding hydrogens is 771 g/mol. The molecule has 0 saturated carbocycles. The number of nitrogens with zero attached hydrogens (tertiary/aromatic N) is 2. The van der Waals surface area contributed by atoms with Crippen LogP contribution in [0.15, 0.2) is 12.2 Å². The molecule has 0 aromatic rings. The molecule has 0 aliphatic heterocycles. The van der Waals surface area contributed by atoms with Gasteiger partial charge in [-0.15, -0.1) is 0 Å². The van der Waals surface area contributed by atoms with Crippen LogP contribution < -0.4 is 5.32 Å². The average Bonchev–Trinajstić information content (AvgIpc) is 3.28. The lowest BCUT2D eigenvalue weighted by molar-refractivity contribution is -0.121. The van der Waals surface area contributed by atoms with Crippen LogP contribution in [0, 0.1) is 0 Å². The molecule has 5 heteroatoms. The van der Waals surface area contributed by atoms with Crippen molar-refractivity contribution >= 4 is 5.91 Å². The summed E-state index contributed by atoms with van der Waals surface area (Å²) >= 11 is 0. The minimum Gasteiger partial charge on any atom is -0.392 e. The topological polar surface area (TPSA) is 55.8 Å². The number of aliphatic hydroxyl groups excluding tert-OH is 1. The smallest absolute Gasteiger partial charge is 0.219 e. The Balaban J connectivity index is 4.17. The molecule has 0 rings (SSSR count). The summed E-state index contributed by atoms with van der Waals surface area (Å²) in [4.78, 5) is 17.6. The molecule has 63 heavy (non-hydrogen) atoms. The molecule has 0 spiro atoms. The lowest BCUT2D eigenvalue weighted by atomic mass is 10.0. The Labute approximate surface area is 397 Å². The van der Waals surface area contributed by atoms with Crippen LogP contribution in [0.5, 0.6) is 0 Å². The lowest BCUT2D eigenvalue weighted by Crippen LogP contribution is -2.34. The summed E-state index contributed by atoms with van der Waals surface area (Å²) in [6.07, 6.45) is 62.1. The Morgan fingerprint density at radius 2 is 0.762 bits per heavy atom. The van der Waals surface area contributed by atoms with E-state index in [2.05, 4.69) is 55.1 Å². The highest BCUT2D eigenvalue weighted by Crippen LogP contribution is 2.16. The molecule has 0 aliphatic carbocycles. The minimum atomic E-state index is -0.292. The summed E-state index contributed by atoms with van der Waals surface area (Å²) in [5.41, 5.74) is 0. The van der Waals surface area contributed by atoms with Crippen LogP contribution >= 0.6 is 0 Å². The third-order valence-corrected chi connectivity index (χ3v) is 13.7. The molecule has 0 saturated heterocycles. The van der Waals surface area contributed by atoms with Crippen molar-refractivity contribution in [2.24, 2.45) is 0 Å². The maximum Gasteiger partial charge on any atom is 0.219 e. The predicted molar refractivity (Wildman–Crippen MR) is 282 cm³/mol. The van der Waals surface area contributed by atoms with Gasteiger partial charge in [-0.2, -0.15) is 0 Å².